The van der Waals surface area contributed by atoms with E-state index in [9.17, 15) is 18.0 Å². The number of halogens is 3. The number of carbonyl (C=O) groups is 1. The van der Waals surface area contributed by atoms with Gasteiger partial charge in [-0.2, -0.15) is 18.0 Å². The second-order valence-electron chi connectivity index (χ2n) is 4.27. The van der Waals surface area contributed by atoms with Crippen LogP contribution in [0.5, 0.6) is 0 Å². The summed E-state index contributed by atoms with van der Waals surface area (Å²) in [7, 11) is 0. The van der Waals surface area contributed by atoms with Gasteiger partial charge in [0.05, 0.1) is 12.1 Å². The predicted octanol–water partition coefficient (Wildman–Crippen LogP) is 1.49. The minimum atomic E-state index is -4.42. The third-order valence-electron chi connectivity index (χ3n) is 2.59. The Labute approximate surface area is 118 Å². The largest absolute Gasteiger partial charge is 0.416 e. The van der Waals surface area contributed by atoms with Crippen LogP contribution >= 0.6 is 0 Å². The number of rotatable bonds is 4. The third kappa shape index (κ3) is 4.01. The highest BCUT2D eigenvalue weighted by Crippen LogP contribution is 2.31. The van der Waals surface area contributed by atoms with Crippen molar-refractivity contribution in [1.82, 2.24) is 25.5 Å². The zero-order valence-electron chi connectivity index (χ0n) is 11.1. The Morgan fingerprint density at radius 2 is 2.14 bits per heavy atom. The molecule has 0 aliphatic heterocycles. The number of aromatic nitrogens is 4. The van der Waals surface area contributed by atoms with Crippen LogP contribution in [0.2, 0.25) is 0 Å². The average Bonchev–Trinajstić information content (AvgIpc) is 2.86. The summed E-state index contributed by atoms with van der Waals surface area (Å²) in [6, 6.07) is 4.71. The van der Waals surface area contributed by atoms with Crippen molar-refractivity contribution < 1.29 is 18.0 Å². The van der Waals surface area contributed by atoms with Gasteiger partial charge in [-0.25, -0.2) is 0 Å². The predicted molar refractivity (Wildman–Crippen MR) is 66.9 cm³/mol. The van der Waals surface area contributed by atoms with Crippen LogP contribution in [0.25, 0.3) is 11.4 Å². The van der Waals surface area contributed by atoms with Gasteiger partial charge in [-0.05, 0) is 17.3 Å². The Hall–Kier alpha value is -2.45. The normalized spacial score (nSPS) is 11.4. The quantitative estimate of drug-likeness (QED) is 0.928. The lowest BCUT2D eigenvalue weighted by molar-refractivity contribution is -0.137. The van der Waals surface area contributed by atoms with Crippen molar-refractivity contribution in [2.75, 3.05) is 6.54 Å². The molecule has 0 unspecified atom stereocenters. The summed E-state index contributed by atoms with van der Waals surface area (Å²) in [4.78, 5) is 11.9. The molecule has 1 heterocycles. The number of alkyl halides is 3. The molecular formula is C12H12F3N5O. The van der Waals surface area contributed by atoms with Gasteiger partial charge in [0, 0.05) is 19.0 Å². The Balaban J connectivity index is 2.12. The zero-order valence-corrected chi connectivity index (χ0v) is 11.1. The third-order valence-corrected chi connectivity index (χ3v) is 2.59. The Kier molecular flexibility index (Phi) is 4.20. The van der Waals surface area contributed by atoms with E-state index in [1.807, 2.05) is 0 Å². The monoisotopic (exact) mass is 299 g/mol. The smallest absolute Gasteiger partial charge is 0.354 e. The van der Waals surface area contributed by atoms with Crippen LogP contribution in [-0.2, 0) is 17.5 Å². The number of carbonyl (C=O) groups excluding carboxylic acids is 1. The molecule has 2 rings (SSSR count). The first-order valence-electron chi connectivity index (χ1n) is 6.06. The van der Waals surface area contributed by atoms with Crippen molar-refractivity contribution in [2.45, 2.75) is 19.6 Å². The summed E-state index contributed by atoms with van der Waals surface area (Å²) in [5.74, 6) is -0.0860. The lowest BCUT2D eigenvalue weighted by atomic mass is 10.1. The molecule has 0 atom stereocenters. The number of nitrogens with zero attached hydrogens (tertiary/aromatic N) is 4. The van der Waals surface area contributed by atoms with Crippen molar-refractivity contribution >= 4 is 5.91 Å². The summed E-state index contributed by atoms with van der Waals surface area (Å²) in [6.45, 7) is 1.97. The Morgan fingerprint density at radius 1 is 1.38 bits per heavy atom. The van der Waals surface area contributed by atoms with Gasteiger partial charge in [0.2, 0.25) is 11.7 Å². The van der Waals surface area contributed by atoms with Gasteiger partial charge in [0.25, 0.3) is 0 Å². The van der Waals surface area contributed by atoms with E-state index in [2.05, 4.69) is 20.7 Å². The molecule has 0 spiro atoms. The molecule has 1 amide bonds. The molecule has 0 fully saturated rings. The first-order valence-corrected chi connectivity index (χ1v) is 6.06. The van der Waals surface area contributed by atoms with Crippen molar-refractivity contribution in [3.05, 3.63) is 29.8 Å². The molecule has 0 radical (unpaired) electrons. The fourth-order valence-electron chi connectivity index (χ4n) is 1.62. The van der Waals surface area contributed by atoms with E-state index in [1.54, 1.807) is 0 Å². The van der Waals surface area contributed by atoms with Crippen LogP contribution in [0, 0.1) is 0 Å². The highest BCUT2D eigenvalue weighted by atomic mass is 19.4. The van der Waals surface area contributed by atoms with E-state index >= 15 is 0 Å². The first kappa shape index (κ1) is 14.9. The fraction of sp³-hybridized carbons (Fsp3) is 0.333. The minimum absolute atomic E-state index is 0.101. The zero-order chi connectivity index (χ0) is 15.5. The molecule has 1 N–H and O–H groups in total. The van der Waals surface area contributed by atoms with Gasteiger partial charge in [0.1, 0.15) is 0 Å². The molecule has 0 aliphatic carbocycles. The maximum atomic E-state index is 12.6. The van der Waals surface area contributed by atoms with Crippen LogP contribution in [0.1, 0.15) is 12.5 Å². The number of tetrazole rings is 1. The highest BCUT2D eigenvalue weighted by Gasteiger charge is 2.30. The molecule has 0 saturated heterocycles. The molecule has 0 saturated carbocycles. The standard InChI is InChI=1S/C12H12F3N5O/c1-8(21)16-5-6-20-18-11(17-19-20)9-3-2-4-10(7-9)12(13,14)15/h2-4,7H,5-6H2,1H3,(H,16,21). The van der Waals surface area contributed by atoms with Crippen LogP contribution in [0.3, 0.4) is 0 Å². The minimum Gasteiger partial charge on any atom is -0.354 e. The van der Waals surface area contributed by atoms with Crippen molar-refractivity contribution in [3.8, 4) is 11.4 Å². The molecule has 9 heteroatoms. The molecule has 6 nitrogen and oxygen atoms in total. The van der Waals surface area contributed by atoms with Crippen LogP contribution in [0.4, 0.5) is 13.2 Å². The van der Waals surface area contributed by atoms with E-state index in [0.29, 0.717) is 6.54 Å². The number of benzene rings is 1. The maximum absolute atomic E-state index is 12.6. The van der Waals surface area contributed by atoms with Gasteiger partial charge in [0.15, 0.2) is 0 Å². The van der Waals surface area contributed by atoms with E-state index in [0.717, 1.165) is 12.1 Å². The number of amides is 1. The number of nitrogens with one attached hydrogen (secondary N) is 1. The molecule has 21 heavy (non-hydrogen) atoms. The lowest BCUT2D eigenvalue weighted by Crippen LogP contribution is -2.25. The number of hydrogen-bond donors (Lipinski definition) is 1. The Bertz CT molecular complexity index is 638. The second kappa shape index (κ2) is 5.90. The van der Waals surface area contributed by atoms with Gasteiger partial charge in [-0.3, -0.25) is 4.79 Å². The van der Waals surface area contributed by atoms with Crippen LogP contribution in [0.15, 0.2) is 24.3 Å². The van der Waals surface area contributed by atoms with Crippen LogP contribution < -0.4 is 5.32 Å². The summed E-state index contributed by atoms with van der Waals surface area (Å²) in [6.07, 6.45) is -4.42. The molecule has 1 aromatic heterocycles. The van der Waals surface area contributed by atoms with Gasteiger partial charge >= 0.3 is 6.18 Å². The topological polar surface area (TPSA) is 72.7 Å². The second-order valence-corrected chi connectivity index (χ2v) is 4.27. The van der Waals surface area contributed by atoms with E-state index in [4.69, 9.17) is 0 Å². The fourth-order valence-corrected chi connectivity index (χ4v) is 1.62. The Morgan fingerprint density at radius 3 is 2.81 bits per heavy atom. The molecule has 0 bridgehead atoms. The van der Waals surface area contributed by atoms with Gasteiger partial charge < -0.3 is 5.32 Å². The van der Waals surface area contributed by atoms with Gasteiger partial charge in [-0.1, -0.05) is 12.1 Å². The molecule has 1 aromatic carbocycles. The average molecular weight is 299 g/mol. The van der Waals surface area contributed by atoms with E-state index < -0.39 is 11.7 Å². The first-order chi connectivity index (χ1) is 9.86. The summed E-state index contributed by atoms with van der Waals surface area (Å²) in [5.41, 5.74) is -0.537. The van der Waals surface area contributed by atoms with E-state index in [1.165, 1.54) is 23.9 Å². The van der Waals surface area contributed by atoms with Crippen LogP contribution in [-0.4, -0.2) is 32.7 Å². The van der Waals surface area contributed by atoms with Gasteiger partial charge in [-0.15, -0.1) is 10.2 Å². The molecular weight excluding hydrogens is 287 g/mol. The van der Waals surface area contributed by atoms with Crippen molar-refractivity contribution in [1.29, 1.82) is 0 Å². The number of hydrogen-bond acceptors (Lipinski definition) is 4. The highest BCUT2D eigenvalue weighted by molar-refractivity contribution is 5.72. The summed E-state index contributed by atoms with van der Waals surface area (Å²) in [5, 5.41) is 14.0. The molecule has 112 valence electrons. The molecule has 2 aromatic rings. The van der Waals surface area contributed by atoms with E-state index in [-0.39, 0.29) is 23.8 Å². The lowest BCUT2D eigenvalue weighted by Gasteiger charge is -2.06. The van der Waals surface area contributed by atoms with Crippen molar-refractivity contribution in [3.63, 3.8) is 0 Å². The van der Waals surface area contributed by atoms with Crippen molar-refractivity contribution in [2.24, 2.45) is 0 Å². The maximum Gasteiger partial charge on any atom is 0.416 e. The molecule has 0 aliphatic rings. The summed E-state index contributed by atoms with van der Waals surface area (Å²) >= 11 is 0. The summed E-state index contributed by atoms with van der Waals surface area (Å²) < 4.78 is 37.9. The SMILES string of the molecule is CC(=O)NCCn1nnc(-c2cccc(C(F)(F)F)c2)n1.